The van der Waals surface area contributed by atoms with Gasteiger partial charge in [-0.2, -0.15) is 0 Å². The van der Waals surface area contributed by atoms with Gasteiger partial charge in [0, 0.05) is 12.0 Å². The summed E-state index contributed by atoms with van der Waals surface area (Å²) in [6.45, 7) is 0.515. The third-order valence-corrected chi connectivity index (χ3v) is 4.20. The van der Waals surface area contributed by atoms with Crippen LogP contribution in [0.1, 0.15) is 15.9 Å². The lowest BCUT2D eigenvalue weighted by atomic mass is 10.2. The summed E-state index contributed by atoms with van der Waals surface area (Å²) in [5.41, 5.74) is 6.05. The zero-order valence-corrected chi connectivity index (χ0v) is 16.9. The molecule has 0 fully saturated rings. The van der Waals surface area contributed by atoms with Crippen molar-refractivity contribution in [2.24, 2.45) is 0 Å². The maximum Gasteiger partial charge on any atom is 0.425 e. The number of thiocarbonyl (C=S) groups is 1. The highest BCUT2D eigenvalue weighted by Gasteiger charge is 2.11. The van der Waals surface area contributed by atoms with E-state index in [1.807, 2.05) is 30.3 Å². The van der Waals surface area contributed by atoms with E-state index in [9.17, 15) is 9.59 Å². The van der Waals surface area contributed by atoms with Crippen molar-refractivity contribution in [1.82, 2.24) is 16.2 Å². The van der Waals surface area contributed by atoms with Gasteiger partial charge in [-0.15, -0.1) is 0 Å². The van der Waals surface area contributed by atoms with E-state index >= 15 is 0 Å². The quantitative estimate of drug-likeness (QED) is 0.478. The predicted octanol–water partition coefficient (Wildman–Crippen LogP) is 2.95. The van der Waals surface area contributed by atoms with Gasteiger partial charge in [0.25, 0.3) is 5.91 Å². The smallest absolute Gasteiger partial charge is 0.425 e. The maximum absolute atomic E-state index is 12.2. The van der Waals surface area contributed by atoms with Gasteiger partial charge in [0.1, 0.15) is 5.75 Å². The fraction of sp³-hybridized carbons (Fsp3) is 0.167. The second kappa shape index (κ2) is 10.5. The van der Waals surface area contributed by atoms with Gasteiger partial charge < -0.3 is 9.47 Å². The number of hydrazine groups is 1. The zero-order valence-electron chi connectivity index (χ0n) is 14.5. The molecule has 9 heteroatoms. The number of carbonyl (C=O) groups is 2. The first-order valence-electron chi connectivity index (χ1n) is 7.91. The van der Waals surface area contributed by atoms with Crippen molar-refractivity contribution in [2.45, 2.75) is 6.42 Å². The van der Waals surface area contributed by atoms with Crippen molar-refractivity contribution in [3.05, 3.63) is 64.1 Å². The number of rotatable bonds is 5. The summed E-state index contributed by atoms with van der Waals surface area (Å²) in [5.74, 6) is 0.200. The highest BCUT2D eigenvalue weighted by atomic mass is 79.9. The summed E-state index contributed by atoms with van der Waals surface area (Å²) in [4.78, 5) is 23.1. The number of benzene rings is 2. The maximum atomic E-state index is 12.2. The van der Waals surface area contributed by atoms with E-state index in [2.05, 4.69) is 36.8 Å². The van der Waals surface area contributed by atoms with E-state index in [-0.39, 0.29) is 5.11 Å². The van der Waals surface area contributed by atoms with Gasteiger partial charge in [0.15, 0.2) is 5.11 Å². The van der Waals surface area contributed by atoms with Crippen molar-refractivity contribution >= 4 is 45.3 Å². The monoisotopic (exact) mass is 451 g/mol. The van der Waals surface area contributed by atoms with E-state index in [1.165, 1.54) is 12.7 Å². The largest absolute Gasteiger partial charge is 0.492 e. The molecule has 2 rings (SSSR count). The van der Waals surface area contributed by atoms with Crippen molar-refractivity contribution in [3.8, 4) is 5.75 Å². The molecule has 2 aromatic rings. The van der Waals surface area contributed by atoms with E-state index in [0.717, 1.165) is 6.42 Å². The molecule has 0 aliphatic carbocycles. The van der Waals surface area contributed by atoms with Crippen LogP contribution in [0.15, 0.2) is 53.0 Å². The minimum atomic E-state index is -0.730. The Morgan fingerprint density at radius 3 is 2.52 bits per heavy atom. The molecule has 0 atom stereocenters. The lowest BCUT2D eigenvalue weighted by Crippen LogP contribution is -2.48. The summed E-state index contributed by atoms with van der Waals surface area (Å²) in [5, 5.41) is 2.37. The van der Waals surface area contributed by atoms with Crippen molar-refractivity contribution in [3.63, 3.8) is 0 Å². The molecule has 0 spiro atoms. The fourth-order valence-corrected chi connectivity index (χ4v) is 2.68. The second-order valence-corrected chi connectivity index (χ2v) is 6.52. The molecule has 2 amide bonds. The lowest BCUT2D eigenvalue weighted by molar-refractivity contribution is 0.0975. The van der Waals surface area contributed by atoms with Gasteiger partial charge in [-0.3, -0.25) is 15.5 Å². The Balaban J connectivity index is 1.86. The number of halogens is 1. The number of ether oxygens (including phenoxy) is 2. The molecule has 0 heterocycles. The number of hydrogen-bond acceptors (Lipinski definition) is 5. The zero-order chi connectivity index (χ0) is 19.6. The number of hydrogen-bond donors (Lipinski definition) is 3. The molecule has 3 N–H and O–H groups in total. The number of amides is 2. The molecule has 0 bridgehead atoms. The van der Waals surface area contributed by atoms with Gasteiger partial charge >= 0.3 is 6.09 Å². The average Bonchev–Trinajstić information content (AvgIpc) is 2.68. The summed E-state index contributed by atoms with van der Waals surface area (Å²) in [6, 6.07) is 15.0. The Morgan fingerprint density at radius 1 is 1.11 bits per heavy atom. The molecule has 27 heavy (non-hydrogen) atoms. The molecule has 0 aliphatic heterocycles. The molecular formula is C18H18BrN3O4S. The van der Waals surface area contributed by atoms with Gasteiger partial charge in [-0.25, -0.2) is 10.2 Å². The number of nitrogens with one attached hydrogen (secondary N) is 3. The van der Waals surface area contributed by atoms with Crippen LogP contribution in [-0.2, 0) is 11.2 Å². The molecule has 0 saturated heterocycles. The minimum absolute atomic E-state index is 0.0651. The van der Waals surface area contributed by atoms with Crippen LogP contribution in [0.5, 0.6) is 5.75 Å². The number of carbonyl (C=O) groups excluding carboxylic acids is 2. The van der Waals surface area contributed by atoms with Crippen LogP contribution in [0.25, 0.3) is 0 Å². The SMILES string of the molecule is COC(=O)NNC(=S)NC(=O)c1ccc(OCCc2ccccc2)c(Br)c1. The van der Waals surface area contributed by atoms with Crippen LogP contribution in [0, 0.1) is 0 Å². The van der Waals surface area contributed by atoms with E-state index in [0.29, 0.717) is 22.4 Å². The van der Waals surface area contributed by atoms with E-state index in [1.54, 1.807) is 18.2 Å². The molecule has 0 unspecified atom stereocenters. The molecule has 0 saturated carbocycles. The highest BCUT2D eigenvalue weighted by Crippen LogP contribution is 2.26. The lowest BCUT2D eigenvalue weighted by Gasteiger charge is -2.12. The van der Waals surface area contributed by atoms with Crippen molar-refractivity contribution in [1.29, 1.82) is 0 Å². The highest BCUT2D eigenvalue weighted by molar-refractivity contribution is 9.10. The Kier molecular flexibility index (Phi) is 8.02. The average molecular weight is 452 g/mol. The third kappa shape index (κ3) is 6.87. The molecule has 0 aromatic heterocycles. The minimum Gasteiger partial charge on any atom is -0.492 e. The molecule has 7 nitrogen and oxygen atoms in total. The predicted molar refractivity (Wildman–Crippen MR) is 109 cm³/mol. The third-order valence-electron chi connectivity index (χ3n) is 3.38. The molecule has 142 valence electrons. The first-order valence-corrected chi connectivity index (χ1v) is 9.11. The van der Waals surface area contributed by atoms with Crippen LogP contribution in [0.2, 0.25) is 0 Å². The van der Waals surface area contributed by atoms with Gasteiger partial charge in [-0.05, 0) is 51.9 Å². The Labute approximate surface area is 170 Å². The van der Waals surface area contributed by atoms with Crippen molar-refractivity contribution in [2.75, 3.05) is 13.7 Å². The van der Waals surface area contributed by atoms with Crippen molar-refractivity contribution < 1.29 is 19.1 Å². The summed E-state index contributed by atoms with van der Waals surface area (Å²) in [7, 11) is 1.21. The second-order valence-electron chi connectivity index (χ2n) is 5.25. The van der Waals surface area contributed by atoms with Gasteiger partial charge in [-0.1, -0.05) is 30.3 Å². The Hall–Kier alpha value is -2.65. The van der Waals surface area contributed by atoms with Crippen LogP contribution in [-0.4, -0.2) is 30.8 Å². The normalized spacial score (nSPS) is 9.85. The molecule has 2 aromatic carbocycles. The van der Waals surface area contributed by atoms with Gasteiger partial charge in [0.05, 0.1) is 18.2 Å². The molecule has 0 radical (unpaired) electrons. The first kappa shape index (κ1) is 20.7. The summed E-state index contributed by atoms with van der Waals surface area (Å²) < 4.78 is 10.8. The van der Waals surface area contributed by atoms with E-state index in [4.69, 9.17) is 17.0 Å². The van der Waals surface area contributed by atoms with Gasteiger partial charge in [0.2, 0.25) is 0 Å². The standard InChI is InChI=1S/C18H18BrN3O4S/c1-25-18(24)22-21-17(27)20-16(23)13-7-8-15(14(19)11-13)26-10-9-12-5-3-2-4-6-12/h2-8,11H,9-10H2,1H3,(H,22,24)(H2,20,21,23,27). The molecular weight excluding hydrogens is 434 g/mol. The van der Waals surface area contributed by atoms with Crippen LogP contribution in [0.4, 0.5) is 4.79 Å². The van der Waals surface area contributed by atoms with Crippen LogP contribution < -0.4 is 20.9 Å². The molecule has 0 aliphatic rings. The number of methoxy groups -OCH3 is 1. The van der Waals surface area contributed by atoms with Crippen LogP contribution in [0.3, 0.4) is 0 Å². The fourth-order valence-electron chi connectivity index (χ4n) is 2.05. The Morgan fingerprint density at radius 2 is 1.85 bits per heavy atom. The topological polar surface area (TPSA) is 88.7 Å². The van der Waals surface area contributed by atoms with E-state index < -0.39 is 12.0 Å². The first-order chi connectivity index (χ1) is 13.0. The summed E-state index contributed by atoms with van der Waals surface area (Å²) >= 11 is 8.31. The summed E-state index contributed by atoms with van der Waals surface area (Å²) in [6.07, 6.45) is 0.0502. The Bertz CT molecular complexity index is 818. The van der Waals surface area contributed by atoms with Crippen LogP contribution >= 0.6 is 28.1 Å².